The Hall–Kier alpha value is -2.26. The van der Waals surface area contributed by atoms with Gasteiger partial charge in [0.15, 0.2) is 11.0 Å². The van der Waals surface area contributed by atoms with E-state index in [9.17, 15) is 8.42 Å². The van der Waals surface area contributed by atoms with Gasteiger partial charge in [-0.3, -0.25) is 0 Å². The largest absolute Gasteiger partial charge is 0.383 e. The highest BCUT2D eigenvalue weighted by atomic mass is 35.5. The third-order valence-electron chi connectivity index (χ3n) is 3.82. The van der Waals surface area contributed by atoms with Crippen molar-refractivity contribution in [2.45, 2.75) is 11.4 Å². The molecule has 27 heavy (non-hydrogen) atoms. The Labute approximate surface area is 162 Å². The second-order valence-corrected chi connectivity index (χ2v) is 7.86. The maximum Gasteiger partial charge on any atom is 0.240 e. The summed E-state index contributed by atoms with van der Waals surface area (Å²) in [6.45, 7) is 0.972. The highest BCUT2D eigenvalue weighted by Gasteiger charge is 2.13. The Kier molecular flexibility index (Phi) is 6.22. The third kappa shape index (κ3) is 4.92. The number of hydrogen-bond acceptors (Lipinski definition) is 6. The number of aromatic nitrogens is 2. The Morgan fingerprint density at radius 1 is 1.04 bits per heavy atom. The van der Waals surface area contributed by atoms with Gasteiger partial charge in [0, 0.05) is 20.2 Å². The monoisotopic (exact) mass is 406 g/mol. The predicted molar refractivity (Wildman–Crippen MR) is 105 cm³/mol. The van der Waals surface area contributed by atoms with Gasteiger partial charge in [0.05, 0.1) is 22.5 Å². The van der Waals surface area contributed by atoms with Crippen molar-refractivity contribution in [2.24, 2.45) is 0 Å². The second-order valence-electron chi connectivity index (χ2n) is 5.74. The van der Waals surface area contributed by atoms with Gasteiger partial charge in [-0.05, 0) is 29.8 Å². The van der Waals surface area contributed by atoms with E-state index in [-0.39, 0.29) is 16.6 Å². The van der Waals surface area contributed by atoms with Crippen LogP contribution in [-0.2, 0) is 21.3 Å². The zero-order valence-corrected chi connectivity index (χ0v) is 16.2. The number of anilines is 1. The lowest BCUT2D eigenvalue weighted by molar-refractivity contribution is 0.204. The summed E-state index contributed by atoms with van der Waals surface area (Å²) in [5.74, 6) is 0.480. The highest BCUT2D eigenvalue weighted by Crippen LogP contribution is 2.21. The molecule has 0 amide bonds. The molecule has 0 aliphatic heterocycles. The van der Waals surface area contributed by atoms with Gasteiger partial charge in [-0.25, -0.2) is 23.1 Å². The summed E-state index contributed by atoms with van der Waals surface area (Å²) >= 11 is 6.18. The predicted octanol–water partition coefficient (Wildman–Crippen LogP) is 2.82. The maximum atomic E-state index is 12.1. The van der Waals surface area contributed by atoms with Crippen LogP contribution < -0.4 is 10.0 Å². The molecule has 2 N–H and O–H groups in total. The lowest BCUT2D eigenvalue weighted by Gasteiger charge is -2.10. The molecule has 3 aromatic rings. The molecule has 0 bridgehead atoms. The van der Waals surface area contributed by atoms with Crippen LogP contribution >= 0.6 is 11.6 Å². The molecule has 2 aromatic carbocycles. The van der Waals surface area contributed by atoms with Crippen molar-refractivity contribution in [3.63, 3.8) is 0 Å². The van der Waals surface area contributed by atoms with Gasteiger partial charge >= 0.3 is 0 Å². The molecule has 0 saturated carbocycles. The van der Waals surface area contributed by atoms with Crippen molar-refractivity contribution in [1.29, 1.82) is 0 Å². The van der Waals surface area contributed by atoms with E-state index >= 15 is 0 Å². The van der Waals surface area contributed by atoms with E-state index in [1.54, 1.807) is 24.3 Å². The van der Waals surface area contributed by atoms with Crippen molar-refractivity contribution in [1.82, 2.24) is 14.7 Å². The first-order valence-electron chi connectivity index (χ1n) is 8.23. The molecule has 1 heterocycles. The maximum absolute atomic E-state index is 12.1. The quantitative estimate of drug-likeness (QED) is 0.559. The van der Waals surface area contributed by atoms with E-state index < -0.39 is 10.0 Å². The SMILES string of the molecule is COCCNS(=O)(=O)c1ccc(CNc2nc3ccccc3nc2Cl)cc1. The molecule has 9 heteroatoms. The van der Waals surface area contributed by atoms with E-state index in [1.165, 1.54) is 7.11 Å². The van der Waals surface area contributed by atoms with Crippen molar-refractivity contribution in [3.8, 4) is 0 Å². The van der Waals surface area contributed by atoms with Gasteiger partial charge in [0.2, 0.25) is 10.0 Å². The number of hydrogen-bond donors (Lipinski definition) is 2. The molecule has 7 nitrogen and oxygen atoms in total. The number of rotatable bonds is 8. The number of para-hydroxylation sites is 2. The van der Waals surface area contributed by atoms with Crippen molar-refractivity contribution in [3.05, 3.63) is 59.2 Å². The van der Waals surface area contributed by atoms with E-state index in [4.69, 9.17) is 16.3 Å². The molecule has 142 valence electrons. The number of nitrogens with one attached hydrogen (secondary N) is 2. The lowest BCUT2D eigenvalue weighted by atomic mass is 10.2. The average Bonchev–Trinajstić information content (AvgIpc) is 2.67. The Morgan fingerprint density at radius 3 is 2.37 bits per heavy atom. The van der Waals surface area contributed by atoms with Crippen LogP contribution in [0.5, 0.6) is 0 Å². The molecule has 0 spiro atoms. The molecule has 0 atom stereocenters. The van der Waals surface area contributed by atoms with Gasteiger partial charge in [-0.15, -0.1) is 0 Å². The number of halogens is 1. The van der Waals surface area contributed by atoms with Gasteiger partial charge in [-0.2, -0.15) is 0 Å². The first-order valence-corrected chi connectivity index (χ1v) is 10.1. The summed E-state index contributed by atoms with van der Waals surface area (Å²) < 4.78 is 31.6. The van der Waals surface area contributed by atoms with Crippen LogP contribution in [-0.4, -0.2) is 38.6 Å². The summed E-state index contributed by atoms with van der Waals surface area (Å²) in [6.07, 6.45) is 0. The Bertz CT molecular complexity index is 1030. The zero-order chi connectivity index (χ0) is 19.3. The summed E-state index contributed by atoms with van der Waals surface area (Å²) in [5.41, 5.74) is 2.36. The van der Waals surface area contributed by atoms with Crippen LogP contribution in [0, 0.1) is 0 Å². The van der Waals surface area contributed by atoms with E-state index in [2.05, 4.69) is 20.0 Å². The average molecular weight is 407 g/mol. The topological polar surface area (TPSA) is 93.2 Å². The van der Waals surface area contributed by atoms with E-state index in [0.717, 1.165) is 16.6 Å². The van der Waals surface area contributed by atoms with Crippen molar-refractivity contribution in [2.75, 3.05) is 25.6 Å². The molecular formula is C18H19ClN4O3S. The Balaban J connectivity index is 1.68. The number of nitrogens with zero attached hydrogens (tertiary/aromatic N) is 2. The van der Waals surface area contributed by atoms with Gasteiger partial charge in [-0.1, -0.05) is 35.9 Å². The molecule has 0 fully saturated rings. The first kappa shape index (κ1) is 19.5. The molecule has 0 unspecified atom stereocenters. The fourth-order valence-corrected chi connectivity index (χ4v) is 3.64. The number of sulfonamides is 1. The number of methoxy groups -OCH3 is 1. The minimum Gasteiger partial charge on any atom is -0.383 e. The van der Waals surface area contributed by atoms with Gasteiger partial charge < -0.3 is 10.1 Å². The summed E-state index contributed by atoms with van der Waals surface area (Å²) in [6, 6.07) is 14.0. The molecule has 0 aliphatic carbocycles. The van der Waals surface area contributed by atoms with Crippen LogP contribution in [0.4, 0.5) is 5.82 Å². The molecular weight excluding hydrogens is 388 g/mol. The Morgan fingerprint density at radius 2 is 1.70 bits per heavy atom. The van der Waals surface area contributed by atoms with Crippen LogP contribution in [0.2, 0.25) is 5.15 Å². The fraction of sp³-hybridized carbons (Fsp3) is 0.222. The molecule has 3 rings (SSSR count). The lowest BCUT2D eigenvalue weighted by Crippen LogP contribution is -2.27. The standard InChI is InChI=1S/C18H19ClN4O3S/c1-26-11-10-21-27(24,25)14-8-6-13(7-9-14)12-20-18-17(19)22-15-4-2-3-5-16(15)23-18/h2-9,21H,10-12H2,1H3,(H,20,23). The third-order valence-corrected chi connectivity index (χ3v) is 5.56. The highest BCUT2D eigenvalue weighted by molar-refractivity contribution is 7.89. The molecule has 0 saturated heterocycles. The number of fused-ring (bicyclic) bond motifs is 1. The molecule has 0 radical (unpaired) electrons. The van der Waals surface area contributed by atoms with E-state index in [0.29, 0.717) is 19.0 Å². The summed E-state index contributed by atoms with van der Waals surface area (Å²) in [7, 11) is -2.03. The second kappa shape index (κ2) is 8.62. The van der Waals surface area contributed by atoms with Crippen LogP contribution in [0.15, 0.2) is 53.4 Å². The fourth-order valence-electron chi connectivity index (χ4n) is 2.42. The van der Waals surface area contributed by atoms with Gasteiger partial charge in [0.25, 0.3) is 0 Å². The van der Waals surface area contributed by atoms with Crippen molar-refractivity contribution < 1.29 is 13.2 Å². The van der Waals surface area contributed by atoms with Crippen LogP contribution in [0.3, 0.4) is 0 Å². The molecule has 1 aromatic heterocycles. The minimum atomic E-state index is -3.54. The molecule has 0 aliphatic rings. The van der Waals surface area contributed by atoms with E-state index in [1.807, 2.05) is 24.3 Å². The van der Waals surface area contributed by atoms with Gasteiger partial charge in [0.1, 0.15) is 0 Å². The first-order chi connectivity index (χ1) is 13.0. The van der Waals surface area contributed by atoms with Crippen molar-refractivity contribution >= 4 is 38.5 Å². The number of ether oxygens (including phenoxy) is 1. The van der Waals surface area contributed by atoms with Crippen LogP contribution in [0.1, 0.15) is 5.56 Å². The number of benzene rings is 2. The minimum absolute atomic E-state index is 0.200. The summed E-state index contributed by atoms with van der Waals surface area (Å²) in [5, 5.41) is 3.42. The normalized spacial score (nSPS) is 11.6. The van der Waals surface area contributed by atoms with Crippen LogP contribution in [0.25, 0.3) is 11.0 Å². The smallest absolute Gasteiger partial charge is 0.240 e. The summed E-state index contributed by atoms with van der Waals surface area (Å²) in [4.78, 5) is 8.98. The zero-order valence-electron chi connectivity index (χ0n) is 14.6.